The predicted molar refractivity (Wildman–Crippen MR) is 101 cm³/mol. The Morgan fingerprint density at radius 1 is 1.27 bits per heavy atom. The number of carbonyl (C=O) groups excluding carboxylic acids is 2. The van der Waals surface area contributed by atoms with Crippen molar-refractivity contribution in [2.75, 3.05) is 33.9 Å². The van der Waals surface area contributed by atoms with Crippen molar-refractivity contribution in [1.82, 2.24) is 9.80 Å². The predicted octanol–water partition coefficient (Wildman–Crippen LogP) is 3.22. The number of hydrogen-bond acceptors (Lipinski definition) is 4. The molecular formula is C19H27ClN2O4. The molecule has 0 radical (unpaired) electrons. The van der Waals surface area contributed by atoms with Crippen molar-refractivity contribution in [3.05, 3.63) is 22.7 Å². The van der Waals surface area contributed by atoms with Gasteiger partial charge in [-0.15, -0.1) is 0 Å². The molecule has 2 rings (SSSR count). The Morgan fingerprint density at radius 3 is 2.62 bits per heavy atom. The summed E-state index contributed by atoms with van der Waals surface area (Å²) in [6, 6.07) is 2.81. The molecule has 144 valence electrons. The van der Waals surface area contributed by atoms with E-state index in [1.54, 1.807) is 31.1 Å². The third kappa shape index (κ3) is 4.41. The summed E-state index contributed by atoms with van der Waals surface area (Å²) in [7, 11) is 3.40. The van der Waals surface area contributed by atoms with Crippen molar-refractivity contribution < 1.29 is 19.1 Å². The van der Waals surface area contributed by atoms with E-state index in [0.717, 1.165) is 12.8 Å². The van der Waals surface area contributed by atoms with Crippen LogP contribution >= 0.6 is 11.6 Å². The van der Waals surface area contributed by atoms with Gasteiger partial charge in [-0.25, -0.2) is 0 Å². The van der Waals surface area contributed by atoms with Crippen LogP contribution in [0, 0.1) is 0 Å². The molecule has 1 atom stereocenters. The van der Waals surface area contributed by atoms with Crippen LogP contribution in [0.4, 0.5) is 0 Å². The summed E-state index contributed by atoms with van der Waals surface area (Å²) < 4.78 is 11.3. The van der Waals surface area contributed by atoms with Crippen molar-refractivity contribution in [3.63, 3.8) is 0 Å². The average Bonchev–Trinajstić information content (AvgIpc) is 3.09. The smallest absolute Gasteiger partial charge is 0.254 e. The van der Waals surface area contributed by atoms with E-state index in [-0.39, 0.29) is 11.8 Å². The minimum absolute atomic E-state index is 0.0603. The molecule has 1 aliphatic rings. The number of likely N-dealkylation sites (tertiary alicyclic amines) is 1. The summed E-state index contributed by atoms with van der Waals surface area (Å²) in [6.45, 7) is 5.36. The summed E-state index contributed by atoms with van der Waals surface area (Å²) in [5, 5.41) is 0.336. The molecule has 1 aromatic rings. The Kier molecular flexibility index (Phi) is 7.14. The van der Waals surface area contributed by atoms with Gasteiger partial charge in [0, 0.05) is 26.2 Å². The molecule has 0 bridgehead atoms. The number of likely N-dealkylation sites (N-methyl/N-ethyl adjacent to an activating group) is 1. The van der Waals surface area contributed by atoms with Crippen molar-refractivity contribution in [3.8, 4) is 11.5 Å². The van der Waals surface area contributed by atoms with Gasteiger partial charge in [0.1, 0.15) is 6.04 Å². The fourth-order valence-corrected chi connectivity index (χ4v) is 3.29. The third-order valence-electron chi connectivity index (χ3n) is 4.25. The maximum atomic E-state index is 13.0. The van der Waals surface area contributed by atoms with Crippen molar-refractivity contribution in [2.24, 2.45) is 0 Å². The summed E-state index contributed by atoms with van der Waals surface area (Å²) >= 11 is 6.36. The summed E-state index contributed by atoms with van der Waals surface area (Å²) in [5.74, 6) is 0.628. The van der Waals surface area contributed by atoms with Gasteiger partial charge in [0.05, 0.1) is 18.2 Å². The molecule has 1 aromatic carbocycles. The summed E-state index contributed by atoms with van der Waals surface area (Å²) in [5.41, 5.74) is 0.403. The number of nitrogens with zero attached hydrogens (tertiary/aromatic N) is 2. The Hall–Kier alpha value is -1.95. The quantitative estimate of drug-likeness (QED) is 0.726. The van der Waals surface area contributed by atoms with Crippen molar-refractivity contribution >= 4 is 23.4 Å². The van der Waals surface area contributed by atoms with Gasteiger partial charge < -0.3 is 19.3 Å². The number of benzene rings is 1. The van der Waals surface area contributed by atoms with Crippen LogP contribution < -0.4 is 9.47 Å². The van der Waals surface area contributed by atoms with Crippen LogP contribution in [0.3, 0.4) is 0 Å². The van der Waals surface area contributed by atoms with Crippen LogP contribution in [0.15, 0.2) is 12.1 Å². The highest BCUT2D eigenvalue weighted by Gasteiger charge is 2.35. The molecule has 26 heavy (non-hydrogen) atoms. The Morgan fingerprint density at radius 2 is 2.00 bits per heavy atom. The molecule has 1 saturated heterocycles. The number of rotatable bonds is 7. The van der Waals surface area contributed by atoms with Crippen LogP contribution in [0.5, 0.6) is 11.5 Å². The number of ether oxygens (including phenoxy) is 2. The SMILES string of the molecule is CCCOc1c(Cl)cc(C(=O)N2CCCC2C(=O)N(C)C)cc1OCC. The molecule has 0 aliphatic carbocycles. The first-order valence-electron chi connectivity index (χ1n) is 9.01. The van der Waals surface area contributed by atoms with Gasteiger partial charge in [0.2, 0.25) is 5.91 Å². The lowest BCUT2D eigenvalue weighted by Crippen LogP contribution is -2.45. The largest absolute Gasteiger partial charge is 0.490 e. The molecule has 1 unspecified atom stereocenters. The zero-order valence-electron chi connectivity index (χ0n) is 15.9. The standard InChI is InChI=1S/C19H27ClN2O4/c1-5-10-26-17-14(20)11-13(12-16(17)25-6-2)18(23)22-9-7-8-15(22)19(24)21(3)4/h11-12,15H,5-10H2,1-4H3. The number of hydrogen-bond donors (Lipinski definition) is 0. The van der Waals surface area contributed by atoms with E-state index in [1.165, 1.54) is 4.90 Å². The monoisotopic (exact) mass is 382 g/mol. The molecule has 0 N–H and O–H groups in total. The summed E-state index contributed by atoms with van der Waals surface area (Å²) in [4.78, 5) is 28.5. The molecule has 0 aromatic heterocycles. The first-order chi connectivity index (χ1) is 12.4. The van der Waals surface area contributed by atoms with Crippen LogP contribution in [-0.4, -0.2) is 61.5 Å². The Labute approximate surface area is 160 Å². The van der Waals surface area contributed by atoms with E-state index in [9.17, 15) is 9.59 Å². The van der Waals surface area contributed by atoms with E-state index in [4.69, 9.17) is 21.1 Å². The minimum Gasteiger partial charge on any atom is -0.490 e. The van der Waals surface area contributed by atoms with Gasteiger partial charge in [0.15, 0.2) is 11.5 Å². The molecule has 1 aliphatic heterocycles. The van der Waals surface area contributed by atoms with Gasteiger partial charge in [-0.2, -0.15) is 0 Å². The van der Waals surface area contributed by atoms with Gasteiger partial charge in [-0.3, -0.25) is 9.59 Å². The van der Waals surface area contributed by atoms with Crippen LogP contribution in [0.25, 0.3) is 0 Å². The second-order valence-electron chi connectivity index (χ2n) is 6.46. The molecule has 1 fully saturated rings. The van der Waals surface area contributed by atoms with E-state index < -0.39 is 6.04 Å². The lowest BCUT2D eigenvalue weighted by Gasteiger charge is -2.26. The van der Waals surface area contributed by atoms with Crippen LogP contribution in [-0.2, 0) is 4.79 Å². The number of amides is 2. The van der Waals surface area contributed by atoms with Gasteiger partial charge >= 0.3 is 0 Å². The lowest BCUT2D eigenvalue weighted by molar-refractivity contribution is -0.132. The molecule has 7 heteroatoms. The summed E-state index contributed by atoms with van der Waals surface area (Å²) in [6.07, 6.45) is 2.32. The van der Waals surface area contributed by atoms with Crippen molar-refractivity contribution in [1.29, 1.82) is 0 Å². The number of carbonyl (C=O) groups is 2. The maximum Gasteiger partial charge on any atom is 0.254 e. The lowest BCUT2D eigenvalue weighted by atomic mass is 10.1. The first-order valence-corrected chi connectivity index (χ1v) is 9.39. The molecule has 0 spiro atoms. The van der Waals surface area contributed by atoms with Crippen LogP contribution in [0.2, 0.25) is 5.02 Å². The zero-order valence-corrected chi connectivity index (χ0v) is 16.6. The highest BCUT2D eigenvalue weighted by atomic mass is 35.5. The highest BCUT2D eigenvalue weighted by Crippen LogP contribution is 2.37. The van der Waals surface area contributed by atoms with Gasteiger partial charge in [-0.05, 0) is 38.3 Å². The number of halogens is 1. The zero-order chi connectivity index (χ0) is 19.3. The van der Waals surface area contributed by atoms with Gasteiger partial charge in [-0.1, -0.05) is 18.5 Å². The Bertz CT molecular complexity index is 663. The maximum absolute atomic E-state index is 13.0. The van der Waals surface area contributed by atoms with Crippen molar-refractivity contribution in [2.45, 2.75) is 39.2 Å². The van der Waals surface area contributed by atoms with E-state index in [2.05, 4.69) is 0 Å². The molecule has 1 heterocycles. The molecular weight excluding hydrogens is 356 g/mol. The minimum atomic E-state index is -0.428. The topological polar surface area (TPSA) is 59.1 Å². The van der Waals surface area contributed by atoms with E-state index in [0.29, 0.717) is 48.3 Å². The van der Waals surface area contributed by atoms with E-state index >= 15 is 0 Å². The average molecular weight is 383 g/mol. The second kappa shape index (κ2) is 9.12. The van der Waals surface area contributed by atoms with E-state index in [1.807, 2.05) is 13.8 Å². The molecule has 0 saturated carbocycles. The van der Waals surface area contributed by atoms with Gasteiger partial charge in [0.25, 0.3) is 5.91 Å². The second-order valence-corrected chi connectivity index (χ2v) is 6.86. The fourth-order valence-electron chi connectivity index (χ4n) is 3.03. The Balaban J connectivity index is 2.32. The fraction of sp³-hybridized carbons (Fsp3) is 0.579. The van der Waals surface area contributed by atoms with Crippen LogP contribution in [0.1, 0.15) is 43.5 Å². The third-order valence-corrected chi connectivity index (χ3v) is 4.53. The highest BCUT2D eigenvalue weighted by molar-refractivity contribution is 6.32. The molecule has 6 nitrogen and oxygen atoms in total. The normalized spacial score (nSPS) is 16.5. The first kappa shape index (κ1) is 20.4. The molecule has 2 amide bonds.